The highest BCUT2D eigenvalue weighted by Gasteiger charge is 2.20. The number of benzene rings is 1. The van der Waals surface area contributed by atoms with Crippen LogP contribution in [0.15, 0.2) is 29.4 Å². The highest BCUT2D eigenvalue weighted by atomic mass is 79.9. The second-order valence-corrected chi connectivity index (χ2v) is 9.95. The molecule has 4 heteroatoms. The lowest BCUT2D eigenvalue weighted by atomic mass is 10.0. The standard InChI is InChI=1S/C28H46BrNO2/c1-2-3-4-5-6-7-8-9-10-11-12-13-14-15-16-17-22-31-26-20-18-25(19-21-26)28-23-27(24-29)32-30-28/h18-21,27H,2-17,22-24H2,1H3. The number of hydrogen-bond acceptors (Lipinski definition) is 3. The fourth-order valence-corrected chi connectivity index (χ4v) is 4.61. The van der Waals surface area contributed by atoms with Crippen molar-refractivity contribution in [2.75, 3.05) is 11.9 Å². The molecule has 3 nitrogen and oxygen atoms in total. The Morgan fingerprint density at radius 2 is 1.28 bits per heavy atom. The summed E-state index contributed by atoms with van der Waals surface area (Å²) in [6.07, 6.45) is 23.4. The summed E-state index contributed by atoms with van der Waals surface area (Å²) >= 11 is 3.45. The van der Waals surface area contributed by atoms with Crippen molar-refractivity contribution in [3.63, 3.8) is 0 Å². The Morgan fingerprint density at radius 1 is 0.781 bits per heavy atom. The average molecular weight is 509 g/mol. The van der Waals surface area contributed by atoms with Gasteiger partial charge in [0.2, 0.25) is 0 Å². The first kappa shape index (κ1) is 27.2. The van der Waals surface area contributed by atoms with Crippen LogP contribution < -0.4 is 4.74 Å². The van der Waals surface area contributed by atoms with Gasteiger partial charge in [-0.25, -0.2) is 0 Å². The van der Waals surface area contributed by atoms with E-state index in [1.807, 2.05) is 12.1 Å². The number of halogens is 1. The molecule has 0 amide bonds. The zero-order valence-corrected chi connectivity index (χ0v) is 22.0. The summed E-state index contributed by atoms with van der Waals surface area (Å²) in [7, 11) is 0. The van der Waals surface area contributed by atoms with E-state index < -0.39 is 0 Å². The third-order valence-corrected chi connectivity index (χ3v) is 7.08. The largest absolute Gasteiger partial charge is 0.494 e. The number of unbranched alkanes of at least 4 members (excludes halogenated alkanes) is 15. The number of ether oxygens (including phenoxy) is 1. The third kappa shape index (κ3) is 12.3. The van der Waals surface area contributed by atoms with Gasteiger partial charge in [-0.1, -0.05) is 124 Å². The Kier molecular flexibility index (Phi) is 15.7. The zero-order valence-electron chi connectivity index (χ0n) is 20.5. The van der Waals surface area contributed by atoms with Gasteiger partial charge in [0.05, 0.1) is 12.3 Å². The zero-order chi connectivity index (χ0) is 22.7. The van der Waals surface area contributed by atoms with Crippen molar-refractivity contribution in [1.29, 1.82) is 0 Å². The van der Waals surface area contributed by atoms with E-state index in [4.69, 9.17) is 9.57 Å². The molecule has 32 heavy (non-hydrogen) atoms. The fraction of sp³-hybridized carbons (Fsp3) is 0.750. The van der Waals surface area contributed by atoms with Crippen molar-refractivity contribution < 1.29 is 9.57 Å². The molecule has 0 fully saturated rings. The topological polar surface area (TPSA) is 30.8 Å². The molecule has 0 saturated carbocycles. The van der Waals surface area contributed by atoms with Crippen molar-refractivity contribution in [1.82, 2.24) is 0 Å². The monoisotopic (exact) mass is 507 g/mol. The van der Waals surface area contributed by atoms with Crippen LogP contribution in [0, 0.1) is 0 Å². The van der Waals surface area contributed by atoms with E-state index in [2.05, 4.69) is 40.1 Å². The molecule has 1 aliphatic rings. The summed E-state index contributed by atoms with van der Waals surface area (Å²) in [4.78, 5) is 5.38. The number of alkyl halides is 1. The van der Waals surface area contributed by atoms with E-state index in [1.54, 1.807) is 0 Å². The first-order valence-electron chi connectivity index (χ1n) is 13.4. The first-order chi connectivity index (χ1) is 15.8. The summed E-state index contributed by atoms with van der Waals surface area (Å²) in [5.74, 6) is 0.950. The molecule has 0 N–H and O–H groups in total. The number of nitrogens with zero attached hydrogens (tertiary/aromatic N) is 1. The van der Waals surface area contributed by atoms with Crippen LogP contribution >= 0.6 is 15.9 Å². The predicted octanol–water partition coefficient (Wildman–Crippen LogP) is 9.21. The van der Waals surface area contributed by atoms with Gasteiger partial charge in [-0.3, -0.25) is 0 Å². The van der Waals surface area contributed by atoms with Crippen molar-refractivity contribution in [2.24, 2.45) is 5.16 Å². The van der Waals surface area contributed by atoms with Gasteiger partial charge < -0.3 is 9.57 Å². The summed E-state index contributed by atoms with van der Waals surface area (Å²) in [5.41, 5.74) is 2.15. The Labute approximate surface area is 205 Å². The Balaban J connectivity index is 1.35. The van der Waals surface area contributed by atoms with Crippen molar-refractivity contribution in [2.45, 2.75) is 122 Å². The lowest BCUT2D eigenvalue weighted by Crippen LogP contribution is -2.09. The molecule has 1 aromatic carbocycles. The maximum absolute atomic E-state index is 5.91. The SMILES string of the molecule is CCCCCCCCCCCCCCCCCCOc1ccc(C2=NOC(CBr)C2)cc1. The van der Waals surface area contributed by atoms with Gasteiger partial charge in [0, 0.05) is 11.8 Å². The molecule has 0 saturated heterocycles. The fourth-order valence-electron chi connectivity index (χ4n) is 4.27. The number of oxime groups is 1. The molecule has 0 spiro atoms. The van der Waals surface area contributed by atoms with Crippen LogP contribution in [-0.4, -0.2) is 23.8 Å². The number of hydrogen-bond donors (Lipinski definition) is 0. The van der Waals surface area contributed by atoms with E-state index in [9.17, 15) is 0 Å². The molecular formula is C28H46BrNO2. The molecule has 1 atom stereocenters. The van der Waals surface area contributed by atoms with Crippen molar-refractivity contribution in [3.8, 4) is 5.75 Å². The van der Waals surface area contributed by atoms with Crippen LogP contribution in [0.2, 0.25) is 0 Å². The minimum Gasteiger partial charge on any atom is -0.494 e. The van der Waals surface area contributed by atoms with E-state index >= 15 is 0 Å². The van der Waals surface area contributed by atoms with E-state index in [-0.39, 0.29) is 6.10 Å². The van der Waals surface area contributed by atoms with E-state index in [0.29, 0.717) is 0 Å². The normalized spacial score (nSPS) is 15.6. The second-order valence-electron chi connectivity index (χ2n) is 9.30. The van der Waals surface area contributed by atoms with Gasteiger partial charge in [0.15, 0.2) is 0 Å². The van der Waals surface area contributed by atoms with Gasteiger partial charge in [0.25, 0.3) is 0 Å². The van der Waals surface area contributed by atoms with Gasteiger partial charge in [-0.05, 0) is 36.2 Å². The average Bonchev–Trinajstić information content (AvgIpc) is 3.31. The highest BCUT2D eigenvalue weighted by Crippen LogP contribution is 2.21. The summed E-state index contributed by atoms with van der Waals surface area (Å²) < 4.78 is 5.91. The molecule has 0 aromatic heterocycles. The molecule has 0 aliphatic carbocycles. The van der Waals surface area contributed by atoms with Gasteiger partial charge in [-0.15, -0.1) is 0 Å². The molecule has 1 aliphatic heterocycles. The summed E-state index contributed by atoms with van der Waals surface area (Å²) in [6, 6.07) is 8.26. The maximum atomic E-state index is 5.91. The van der Waals surface area contributed by atoms with Gasteiger partial charge >= 0.3 is 0 Å². The van der Waals surface area contributed by atoms with Crippen LogP contribution in [0.5, 0.6) is 5.75 Å². The van der Waals surface area contributed by atoms with Gasteiger partial charge in [0.1, 0.15) is 11.9 Å². The quantitative estimate of drug-likeness (QED) is 0.130. The second kappa shape index (κ2) is 18.4. The van der Waals surface area contributed by atoms with Crippen LogP contribution in [0.4, 0.5) is 0 Å². The highest BCUT2D eigenvalue weighted by molar-refractivity contribution is 9.09. The van der Waals surface area contributed by atoms with Crippen LogP contribution in [0.3, 0.4) is 0 Å². The lowest BCUT2D eigenvalue weighted by molar-refractivity contribution is 0.104. The smallest absolute Gasteiger partial charge is 0.142 e. The molecule has 1 heterocycles. The van der Waals surface area contributed by atoms with Crippen LogP contribution in [0.25, 0.3) is 0 Å². The van der Waals surface area contributed by atoms with Crippen LogP contribution in [-0.2, 0) is 4.84 Å². The first-order valence-corrected chi connectivity index (χ1v) is 14.5. The minimum atomic E-state index is 0.163. The molecule has 1 aromatic rings. The molecule has 0 radical (unpaired) electrons. The van der Waals surface area contributed by atoms with E-state index in [0.717, 1.165) is 41.8 Å². The summed E-state index contributed by atoms with van der Waals surface area (Å²) in [6.45, 7) is 3.10. The molecule has 2 rings (SSSR count). The minimum absolute atomic E-state index is 0.163. The molecule has 182 valence electrons. The summed E-state index contributed by atoms with van der Waals surface area (Å²) in [5, 5.41) is 5.00. The third-order valence-electron chi connectivity index (χ3n) is 6.36. The molecule has 1 unspecified atom stereocenters. The Morgan fingerprint density at radius 3 is 1.75 bits per heavy atom. The predicted molar refractivity (Wildman–Crippen MR) is 141 cm³/mol. The maximum Gasteiger partial charge on any atom is 0.142 e. The Hall–Kier alpha value is -1.03. The van der Waals surface area contributed by atoms with Crippen molar-refractivity contribution in [3.05, 3.63) is 29.8 Å². The van der Waals surface area contributed by atoms with E-state index in [1.165, 1.54) is 96.3 Å². The van der Waals surface area contributed by atoms with Crippen LogP contribution in [0.1, 0.15) is 122 Å². The molecule has 0 bridgehead atoms. The van der Waals surface area contributed by atoms with Gasteiger partial charge in [-0.2, -0.15) is 0 Å². The number of rotatable bonds is 20. The van der Waals surface area contributed by atoms with Crippen molar-refractivity contribution >= 4 is 21.6 Å². The lowest BCUT2D eigenvalue weighted by Gasteiger charge is -2.07. The Bertz CT molecular complexity index is 602. The molecular weight excluding hydrogens is 462 g/mol.